The monoisotopic (exact) mass is 286 g/mol. The van der Waals surface area contributed by atoms with E-state index >= 15 is 0 Å². The van der Waals surface area contributed by atoms with E-state index in [0.717, 1.165) is 0 Å². The molecule has 21 heavy (non-hydrogen) atoms. The van der Waals surface area contributed by atoms with E-state index in [9.17, 15) is 9.59 Å². The first-order chi connectivity index (χ1) is 10.1. The van der Waals surface area contributed by atoms with Crippen molar-refractivity contribution in [3.63, 3.8) is 0 Å². The minimum Gasteiger partial charge on any atom is -0.447 e. The third-order valence-corrected chi connectivity index (χ3v) is 3.23. The van der Waals surface area contributed by atoms with Crippen LogP contribution in [0.15, 0.2) is 29.3 Å². The van der Waals surface area contributed by atoms with Gasteiger partial charge >= 0.3 is 0 Å². The summed E-state index contributed by atoms with van der Waals surface area (Å²) in [4.78, 5) is 33.8. The number of pyridine rings is 1. The van der Waals surface area contributed by atoms with Gasteiger partial charge in [-0.05, 0) is 6.07 Å². The van der Waals surface area contributed by atoms with Crippen LogP contribution in [0, 0.1) is 0 Å². The summed E-state index contributed by atoms with van der Waals surface area (Å²) in [6, 6.07) is 1.68. The second-order valence-electron chi connectivity index (χ2n) is 5.05. The Morgan fingerprint density at radius 1 is 1.48 bits per heavy atom. The number of carbonyl (C=O) groups is 2. The largest absolute Gasteiger partial charge is 0.447 e. The number of aromatic nitrogens is 2. The molecule has 0 bridgehead atoms. The smallest absolute Gasteiger partial charge is 0.281 e. The summed E-state index contributed by atoms with van der Waals surface area (Å²) in [5, 5.41) is 2.69. The molecule has 0 fully saturated rings. The summed E-state index contributed by atoms with van der Waals surface area (Å²) < 4.78 is 5.28. The Balaban J connectivity index is 2.02. The average Bonchev–Trinajstić information content (AvgIpc) is 2.95. The van der Waals surface area contributed by atoms with Gasteiger partial charge in [-0.3, -0.25) is 19.5 Å². The highest BCUT2D eigenvalue weighted by atomic mass is 16.3. The molecule has 2 aromatic rings. The highest BCUT2D eigenvalue weighted by molar-refractivity contribution is 6.14. The van der Waals surface area contributed by atoms with Crippen molar-refractivity contribution in [1.29, 1.82) is 0 Å². The third-order valence-electron chi connectivity index (χ3n) is 3.23. The van der Waals surface area contributed by atoms with E-state index in [1.165, 1.54) is 17.5 Å². The molecule has 2 aromatic heterocycles. The van der Waals surface area contributed by atoms with Crippen molar-refractivity contribution in [2.75, 3.05) is 16.8 Å². The predicted molar refractivity (Wildman–Crippen MR) is 75.1 cm³/mol. The molecule has 7 heteroatoms. The zero-order valence-electron chi connectivity index (χ0n) is 11.7. The number of carbonyl (C=O) groups excluding carboxylic acids is 2. The van der Waals surface area contributed by atoms with Crippen LogP contribution in [0.1, 0.15) is 36.0 Å². The molecular formula is C14H14N4O3. The van der Waals surface area contributed by atoms with Crippen LogP contribution >= 0.6 is 0 Å². The summed E-state index contributed by atoms with van der Waals surface area (Å²) in [6.45, 7) is 3.77. The van der Waals surface area contributed by atoms with Crippen LogP contribution in [-0.2, 0) is 4.79 Å². The van der Waals surface area contributed by atoms with Gasteiger partial charge in [-0.1, -0.05) is 13.8 Å². The molecule has 0 atom stereocenters. The normalized spacial score (nSPS) is 14.0. The molecule has 0 spiro atoms. The van der Waals surface area contributed by atoms with Gasteiger partial charge in [-0.2, -0.15) is 0 Å². The van der Waals surface area contributed by atoms with Crippen LogP contribution < -0.4 is 10.2 Å². The lowest BCUT2D eigenvalue weighted by atomic mass is 10.1. The number of nitrogens with one attached hydrogen (secondary N) is 1. The number of rotatable bonds is 2. The van der Waals surface area contributed by atoms with E-state index in [2.05, 4.69) is 15.3 Å². The fourth-order valence-electron chi connectivity index (χ4n) is 2.27. The Kier molecular flexibility index (Phi) is 3.17. The van der Waals surface area contributed by atoms with Crippen LogP contribution in [0.2, 0.25) is 0 Å². The van der Waals surface area contributed by atoms with Crippen molar-refractivity contribution < 1.29 is 14.0 Å². The molecule has 1 aliphatic heterocycles. The standard InChI is InChI=1S/C14H14N4O3/c1-8(2)13-12(16-7-21-13)14(20)18-6-11(19)17-9-5-15-4-3-10(9)18/h3-5,7-8H,6H2,1-2H3,(H,17,19). The maximum absolute atomic E-state index is 12.7. The van der Waals surface area contributed by atoms with Gasteiger partial charge in [0.15, 0.2) is 12.1 Å². The third kappa shape index (κ3) is 2.26. The lowest BCUT2D eigenvalue weighted by molar-refractivity contribution is -0.115. The maximum atomic E-state index is 12.7. The van der Waals surface area contributed by atoms with E-state index in [1.54, 1.807) is 12.3 Å². The van der Waals surface area contributed by atoms with Crippen LogP contribution in [0.5, 0.6) is 0 Å². The van der Waals surface area contributed by atoms with Gasteiger partial charge in [-0.15, -0.1) is 0 Å². The van der Waals surface area contributed by atoms with Gasteiger partial charge in [0.2, 0.25) is 5.91 Å². The summed E-state index contributed by atoms with van der Waals surface area (Å²) in [6.07, 6.45) is 4.33. The molecule has 0 saturated heterocycles. The number of nitrogens with zero attached hydrogens (tertiary/aromatic N) is 3. The average molecular weight is 286 g/mol. The van der Waals surface area contributed by atoms with E-state index < -0.39 is 0 Å². The molecule has 3 heterocycles. The fourth-order valence-corrected chi connectivity index (χ4v) is 2.27. The van der Waals surface area contributed by atoms with E-state index in [0.29, 0.717) is 17.1 Å². The number of fused-ring (bicyclic) bond motifs is 1. The molecule has 0 radical (unpaired) electrons. The second kappa shape index (κ2) is 5.01. The minimum absolute atomic E-state index is 0.0296. The number of oxazole rings is 1. The number of anilines is 2. The lowest BCUT2D eigenvalue weighted by Crippen LogP contribution is -2.42. The molecule has 0 aromatic carbocycles. The van der Waals surface area contributed by atoms with Gasteiger partial charge < -0.3 is 9.73 Å². The van der Waals surface area contributed by atoms with E-state index in [1.807, 2.05) is 13.8 Å². The topological polar surface area (TPSA) is 88.3 Å². The lowest BCUT2D eigenvalue weighted by Gasteiger charge is -2.28. The quantitative estimate of drug-likeness (QED) is 0.909. The van der Waals surface area contributed by atoms with Crippen LogP contribution in [0.3, 0.4) is 0 Å². The van der Waals surface area contributed by atoms with Crippen molar-refractivity contribution >= 4 is 23.2 Å². The number of hydrogen-bond donors (Lipinski definition) is 1. The summed E-state index contributed by atoms with van der Waals surface area (Å²) in [5.74, 6) is -0.0724. The first-order valence-electron chi connectivity index (χ1n) is 6.57. The highest BCUT2D eigenvalue weighted by Gasteiger charge is 2.31. The van der Waals surface area contributed by atoms with Gasteiger partial charge in [-0.25, -0.2) is 4.98 Å². The molecule has 3 rings (SSSR count). The fraction of sp³-hybridized carbons (Fsp3) is 0.286. The molecule has 1 aliphatic rings. The van der Waals surface area contributed by atoms with Crippen LogP contribution in [-0.4, -0.2) is 28.3 Å². The Morgan fingerprint density at radius 3 is 3.05 bits per heavy atom. The van der Waals surface area contributed by atoms with Crippen molar-refractivity contribution in [2.24, 2.45) is 0 Å². The van der Waals surface area contributed by atoms with Crippen LogP contribution in [0.4, 0.5) is 11.4 Å². The van der Waals surface area contributed by atoms with Gasteiger partial charge in [0.1, 0.15) is 12.3 Å². The van der Waals surface area contributed by atoms with Crippen molar-refractivity contribution in [2.45, 2.75) is 19.8 Å². The molecule has 0 aliphatic carbocycles. The van der Waals surface area contributed by atoms with Gasteiger partial charge in [0, 0.05) is 12.1 Å². The van der Waals surface area contributed by atoms with Crippen molar-refractivity contribution in [3.05, 3.63) is 36.3 Å². The van der Waals surface area contributed by atoms with Crippen molar-refractivity contribution in [3.8, 4) is 0 Å². The highest BCUT2D eigenvalue weighted by Crippen LogP contribution is 2.30. The Morgan fingerprint density at radius 2 is 2.29 bits per heavy atom. The molecule has 108 valence electrons. The van der Waals surface area contributed by atoms with E-state index in [4.69, 9.17) is 4.42 Å². The van der Waals surface area contributed by atoms with E-state index in [-0.39, 0.29) is 30.0 Å². The predicted octanol–water partition coefficient (Wildman–Crippen LogP) is 1.79. The number of hydrogen-bond acceptors (Lipinski definition) is 5. The van der Waals surface area contributed by atoms with Gasteiger partial charge in [0.05, 0.1) is 17.6 Å². The number of amides is 2. The zero-order valence-corrected chi connectivity index (χ0v) is 11.7. The zero-order chi connectivity index (χ0) is 15.0. The molecule has 0 saturated carbocycles. The summed E-state index contributed by atoms with van der Waals surface area (Å²) in [7, 11) is 0. The summed E-state index contributed by atoms with van der Waals surface area (Å²) >= 11 is 0. The molecule has 0 unspecified atom stereocenters. The Bertz CT molecular complexity index is 708. The SMILES string of the molecule is CC(C)c1ocnc1C(=O)N1CC(=O)Nc2cnccc21. The van der Waals surface area contributed by atoms with Crippen molar-refractivity contribution in [1.82, 2.24) is 9.97 Å². The minimum atomic E-state index is -0.352. The Hall–Kier alpha value is -2.70. The molecule has 7 nitrogen and oxygen atoms in total. The molecule has 1 N–H and O–H groups in total. The molecule has 2 amide bonds. The first-order valence-corrected chi connectivity index (χ1v) is 6.57. The van der Waals surface area contributed by atoms with Gasteiger partial charge in [0.25, 0.3) is 5.91 Å². The Labute approximate surface area is 121 Å². The second-order valence-corrected chi connectivity index (χ2v) is 5.05. The van der Waals surface area contributed by atoms with Crippen LogP contribution in [0.25, 0.3) is 0 Å². The first kappa shape index (κ1) is 13.3. The summed E-state index contributed by atoms with van der Waals surface area (Å²) in [5.41, 5.74) is 1.35. The molecular weight excluding hydrogens is 272 g/mol. The maximum Gasteiger partial charge on any atom is 0.281 e.